The van der Waals surface area contributed by atoms with Crippen LogP contribution in [-0.2, 0) is 22.6 Å². The molecule has 3 amide bonds. The van der Waals surface area contributed by atoms with Crippen LogP contribution in [0.15, 0.2) is 42.5 Å². The lowest BCUT2D eigenvalue weighted by Gasteiger charge is -2.30. The van der Waals surface area contributed by atoms with Crippen LogP contribution in [0.5, 0.6) is 0 Å². The highest BCUT2D eigenvalue weighted by Crippen LogP contribution is 2.20. The van der Waals surface area contributed by atoms with E-state index in [0.29, 0.717) is 19.6 Å². The number of urea groups is 1. The molecular weight excluding hydrogens is 398 g/mol. The Hall–Kier alpha value is -2.38. The van der Waals surface area contributed by atoms with Crippen LogP contribution in [0.1, 0.15) is 28.2 Å². The minimum absolute atomic E-state index is 0.00391. The van der Waals surface area contributed by atoms with Crippen molar-refractivity contribution in [3.05, 3.63) is 57.8 Å². The van der Waals surface area contributed by atoms with E-state index in [4.69, 9.17) is 4.74 Å². The van der Waals surface area contributed by atoms with Crippen LogP contribution in [0.3, 0.4) is 0 Å². The number of hydrogen-bond acceptors (Lipinski definition) is 4. The molecular formula is C23H31N3O3S. The van der Waals surface area contributed by atoms with Crippen molar-refractivity contribution >= 4 is 23.3 Å². The van der Waals surface area contributed by atoms with Gasteiger partial charge in [-0.05, 0) is 37.5 Å². The maximum absolute atomic E-state index is 13.3. The molecule has 0 radical (unpaired) electrons. The zero-order valence-corrected chi connectivity index (χ0v) is 18.9. The lowest BCUT2D eigenvalue weighted by Crippen LogP contribution is -2.48. The molecule has 6 nitrogen and oxygen atoms in total. The molecule has 7 heteroatoms. The molecule has 30 heavy (non-hydrogen) atoms. The van der Waals surface area contributed by atoms with E-state index in [2.05, 4.69) is 19.1 Å². The van der Waals surface area contributed by atoms with E-state index >= 15 is 0 Å². The molecule has 1 unspecified atom stereocenters. The Bertz CT molecular complexity index is 831. The van der Waals surface area contributed by atoms with Gasteiger partial charge in [-0.25, -0.2) is 4.79 Å². The molecule has 1 fully saturated rings. The number of benzene rings is 1. The minimum Gasteiger partial charge on any atom is -0.376 e. The molecule has 1 aliphatic heterocycles. The van der Waals surface area contributed by atoms with E-state index in [1.165, 1.54) is 9.78 Å². The molecule has 0 aliphatic carbocycles. The van der Waals surface area contributed by atoms with E-state index in [9.17, 15) is 9.59 Å². The zero-order chi connectivity index (χ0) is 21.5. The van der Waals surface area contributed by atoms with Gasteiger partial charge in [0.05, 0.1) is 12.6 Å². The summed E-state index contributed by atoms with van der Waals surface area (Å²) in [6.07, 6.45) is 1.93. The standard InChI is InChI=1S/C23H31N3O3S/c1-18-11-12-21(30-18)16-25(14-19-8-5-4-6-9-19)22(27)17-26(23(28)24(2)3)15-20-10-7-13-29-20/h4-6,8-9,11-12,20H,7,10,13-17H2,1-3H3. The van der Waals surface area contributed by atoms with Gasteiger partial charge in [-0.3, -0.25) is 4.79 Å². The second kappa shape index (κ2) is 10.6. The third kappa shape index (κ3) is 6.31. The number of rotatable bonds is 8. The largest absolute Gasteiger partial charge is 0.376 e. The summed E-state index contributed by atoms with van der Waals surface area (Å²) in [4.78, 5) is 33.4. The summed E-state index contributed by atoms with van der Waals surface area (Å²) in [6.45, 7) is 4.34. The number of nitrogens with zero attached hydrogens (tertiary/aromatic N) is 3. The van der Waals surface area contributed by atoms with E-state index < -0.39 is 0 Å². The quantitative estimate of drug-likeness (QED) is 0.642. The number of ether oxygens (including phenoxy) is 1. The topological polar surface area (TPSA) is 53.1 Å². The molecule has 0 spiro atoms. The first-order chi connectivity index (χ1) is 14.4. The summed E-state index contributed by atoms with van der Waals surface area (Å²) in [6, 6.07) is 14.0. The number of carbonyl (C=O) groups excluding carboxylic acids is 2. The van der Waals surface area contributed by atoms with Gasteiger partial charge < -0.3 is 19.4 Å². The van der Waals surface area contributed by atoms with E-state index in [-0.39, 0.29) is 24.6 Å². The monoisotopic (exact) mass is 429 g/mol. The van der Waals surface area contributed by atoms with Crippen LogP contribution in [-0.4, -0.2) is 66.5 Å². The van der Waals surface area contributed by atoms with Crippen molar-refractivity contribution in [2.75, 3.05) is 33.8 Å². The number of hydrogen-bond donors (Lipinski definition) is 0. The van der Waals surface area contributed by atoms with Crippen LogP contribution < -0.4 is 0 Å². The van der Waals surface area contributed by atoms with Crippen molar-refractivity contribution in [3.8, 4) is 0 Å². The molecule has 1 saturated heterocycles. The molecule has 1 aliphatic rings. The molecule has 0 N–H and O–H groups in total. The SMILES string of the molecule is Cc1ccc(CN(Cc2ccccc2)C(=O)CN(CC2CCCO2)C(=O)N(C)C)s1. The summed E-state index contributed by atoms with van der Waals surface area (Å²) in [5.41, 5.74) is 1.07. The van der Waals surface area contributed by atoms with Crippen molar-refractivity contribution in [2.24, 2.45) is 0 Å². The van der Waals surface area contributed by atoms with Gasteiger partial charge in [-0.2, -0.15) is 0 Å². The fourth-order valence-corrected chi connectivity index (χ4v) is 4.49. The lowest BCUT2D eigenvalue weighted by molar-refractivity contribution is -0.133. The fraction of sp³-hybridized carbons (Fsp3) is 0.478. The molecule has 2 aromatic rings. The van der Waals surface area contributed by atoms with Crippen LogP contribution in [0, 0.1) is 6.92 Å². The average molecular weight is 430 g/mol. The number of amides is 3. The normalized spacial score (nSPS) is 15.8. The van der Waals surface area contributed by atoms with Crippen molar-refractivity contribution in [3.63, 3.8) is 0 Å². The van der Waals surface area contributed by atoms with E-state index in [1.54, 1.807) is 30.3 Å². The highest BCUT2D eigenvalue weighted by molar-refractivity contribution is 7.11. The lowest BCUT2D eigenvalue weighted by atomic mass is 10.2. The summed E-state index contributed by atoms with van der Waals surface area (Å²) in [5.74, 6) is -0.0573. The number of thiophene rings is 1. The summed E-state index contributed by atoms with van der Waals surface area (Å²) in [7, 11) is 3.43. The van der Waals surface area contributed by atoms with Gasteiger partial charge in [0.15, 0.2) is 0 Å². The second-order valence-corrected chi connectivity index (χ2v) is 9.31. The number of carbonyl (C=O) groups is 2. The Labute approximate surface area is 183 Å². The van der Waals surface area contributed by atoms with Gasteiger partial charge >= 0.3 is 6.03 Å². The molecule has 1 aromatic heterocycles. The van der Waals surface area contributed by atoms with Gasteiger partial charge in [0, 0.05) is 43.5 Å². The van der Waals surface area contributed by atoms with Crippen LogP contribution in [0.25, 0.3) is 0 Å². The van der Waals surface area contributed by atoms with Gasteiger partial charge in [-0.1, -0.05) is 30.3 Å². The van der Waals surface area contributed by atoms with Gasteiger partial charge in [0.1, 0.15) is 6.54 Å². The van der Waals surface area contributed by atoms with Gasteiger partial charge in [0.2, 0.25) is 5.91 Å². The Kier molecular flexibility index (Phi) is 7.87. The first kappa shape index (κ1) is 22.3. The van der Waals surface area contributed by atoms with Crippen molar-refractivity contribution in [2.45, 2.75) is 39.0 Å². The summed E-state index contributed by atoms with van der Waals surface area (Å²) in [5, 5.41) is 0. The fourth-order valence-electron chi connectivity index (χ4n) is 3.58. The van der Waals surface area contributed by atoms with Crippen LogP contribution >= 0.6 is 11.3 Å². The Morgan fingerprint density at radius 2 is 1.83 bits per heavy atom. The summed E-state index contributed by atoms with van der Waals surface area (Å²) < 4.78 is 5.71. The van der Waals surface area contributed by atoms with E-state index in [0.717, 1.165) is 29.9 Å². The Morgan fingerprint density at radius 1 is 1.07 bits per heavy atom. The second-order valence-electron chi connectivity index (χ2n) is 7.94. The molecule has 0 bridgehead atoms. The predicted octanol–water partition coefficient (Wildman–Crippen LogP) is 3.75. The maximum atomic E-state index is 13.3. The van der Waals surface area contributed by atoms with Crippen molar-refractivity contribution in [1.29, 1.82) is 0 Å². The van der Waals surface area contributed by atoms with Crippen molar-refractivity contribution in [1.82, 2.24) is 14.7 Å². The summed E-state index contributed by atoms with van der Waals surface area (Å²) >= 11 is 1.70. The molecule has 162 valence electrons. The average Bonchev–Trinajstić information content (AvgIpc) is 3.38. The van der Waals surface area contributed by atoms with Crippen LogP contribution in [0.2, 0.25) is 0 Å². The predicted molar refractivity (Wildman–Crippen MR) is 119 cm³/mol. The zero-order valence-electron chi connectivity index (χ0n) is 18.0. The van der Waals surface area contributed by atoms with Gasteiger partial charge in [0.25, 0.3) is 0 Å². The highest BCUT2D eigenvalue weighted by Gasteiger charge is 2.27. The highest BCUT2D eigenvalue weighted by atomic mass is 32.1. The minimum atomic E-state index is -0.162. The third-order valence-electron chi connectivity index (χ3n) is 5.14. The first-order valence-corrected chi connectivity index (χ1v) is 11.2. The molecule has 1 atom stereocenters. The molecule has 1 aromatic carbocycles. The maximum Gasteiger partial charge on any atom is 0.320 e. The van der Waals surface area contributed by atoms with Crippen molar-refractivity contribution < 1.29 is 14.3 Å². The Balaban J connectivity index is 1.75. The van der Waals surface area contributed by atoms with Gasteiger partial charge in [-0.15, -0.1) is 11.3 Å². The van der Waals surface area contributed by atoms with E-state index in [1.807, 2.05) is 35.2 Å². The molecule has 3 rings (SSSR count). The molecule has 2 heterocycles. The van der Waals surface area contributed by atoms with Crippen LogP contribution in [0.4, 0.5) is 4.79 Å². The number of aryl methyl sites for hydroxylation is 1. The molecule has 0 saturated carbocycles. The smallest absolute Gasteiger partial charge is 0.320 e. The third-order valence-corrected chi connectivity index (χ3v) is 6.12. The first-order valence-electron chi connectivity index (χ1n) is 10.4. The Morgan fingerprint density at radius 3 is 2.43 bits per heavy atom.